The van der Waals surface area contributed by atoms with E-state index in [2.05, 4.69) is 149 Å². The van der Waals surface area contributed by atoms with Crippen LogP contribution in [0.2, 0.25) is 3.72 Å². The topological polar surface area (TPSA) is 0 Å². The van der Waals surface area contributed by atoms with Gasteiger partial charge in [-0.05, 0) is 0 Å². The molecule has 0 nitrogen and oxygen atoms in total. The number of hydrogen-bond acceptors (Lipinski definition) is 0. The summed E-state index contributed by atoms with van der Waals surface area (Å²) < 4.78 is -0.206. The Morgan fingerprint density at radius 1 is 0.568 bits per heavy atom. The van der Waals surface area contributed by atoms with Crippen LogP contribution >= 0.6 is 0 Å². The second-order valence-electron chi connectivity index (χ2n) is 10.8. The second-order valence-corrected chi connectivity index (χ2v) is 12.1. The molecule has 0 heterocycles. The van der Waals surface area contributed by atoms with Gasteiger partial charge in [0.15, 0.2) is 0 Å². The average molecular weight is 588 g/mol. The van der Waals surface area contributed by atoms with Crippen molar-refractivity contribution in [2.75, 3.05) is 0 Å². The van der Waals surface area contributed by atoms with Gasteiger partial charge in [0.2, 0.25) is 0 Å². The Kier molecular flexibility index (Phi) is 11.6. The van der Waals surface area contributed by atoms with Crippen LogP contribution in [0.5, 0.6) is 0 Å². The Morgan fingerprint density at radius 2 is 0.865 bits per heavy atom. The van der Waals surface area contributed by atoms with Crippen molar-refractivity contribution in [1.82, 2.24) is 0 Å². The third-order valence-electron chi connectivity index (χ3n) is 7.25. The van der Waals surface area contributed by atoms with Crippen LogP contribution in [0.4, 0.5) is 0 Å². The van der Waals surface area contributed by atoms with E-state index in [-0.39, 0.29) is 46.4 Å². The Bertz CT molecular complexity index is 1130. The fraction of sp³-hybridized carbons (Fsp3) is 0.333. The Labute approximate surface area is 255 Å². The van der Waals surface area contributed by atoms with Crippen molar-refractivity contribution in [2.24, 2.45) is 5.92 Å². The molecule has 1 aliphatic carbocycles. The molecule has 0 N–H and O–H groups in total. The van der Waals surface area contributed by atoms with Crippen molar-refractivity contribution in [2.45, 2.75) is 64.5 Å². The summed E-state index contributed by atoms with van der Waals surface area (Å²) in [7, 11) is 0. The molecule has 3 aromatic carbocycles. The van der Waals surface area contributed by atoms with Gasteiger partial charge in [0.1, 0.15) is 0 Å². The first-order chi connectivity index (χ1) is 16.0. The fourth-order valence-electron chi connectivity index (χ4n) is 6.27. The van der Waals surface area contributed by atoms with Gasteiger partial charge < -0.3 is 37.2 Å². The molecule has 0 amide bonds. The van der Waals surface area contributed by atoms with Crippen LogP contribution in [-0.2, 0) is 25.9 Å². The van der Waals surface area contributed by atoms with Crippen LogP contribution in [-0.4, -0.2) is 0 Å². The minimum atomic E-state index is -0.361. The monoisotopic (exact) mass is 586 g/mol. The van der Waals surface area contributed by atoms with E-state index in [0.717, 1.165) is 0 Å². The third kappa shape index (κ3) is 6.00. The van der Waals surface area contributed by atoms with Crippen molar-refractivity contribution >= 4 is 0 Å². The van der Waals surface area contributed by atoms with Crippen LogP contribution in [0.1, 0.15) is 63.9 Å². The van der Waals surface area contributed by atoms with E-state index >= 15 is 0 Å². The number of aryl methyl sites for hydroxylation is 6. The molecule has 0 aromatic heterocycles. The van der Waals surface area contributed by atoms with E-state index in [1.54, 1.807) is 0 Å². The summed E-state index contributed by atoms with van der Waals surface area (Å²) >= 11 is 2.47. The molecule has 4 heteroatoms. The van der Waals surface area contributed by atoms with E-state index in [1.807, 2.05) is 0 Å². The standard InChI is InChI=1S/C33H37.3ClH.Ti/c1-21(2)31-10-9-11-32(31)33(28-15-22(3)12-23(4)16-28,29-17-24(5)13-25(6)18-29)30-19-26(7)14-27(8)20-30;;;;/h9-21H,1-8H3;3*1H;/q;;;;+3/p-3. The molecule has 37 heavy (non-hydrogen) atoms. The minimum Gasteiger partial charge on any atom is -1.00 e. The maximum atomic E-state index is 2.47. The van der Waals surface area contributed by atoms with E-state index in [4.69, 9.17) is 0 Å². The molecular formula is C33H37Cl3Ti. The minimum absolute atomic E-state index is 0. The maximum absolute atomic E-state index is 2.47. The van der Waals surface area contributed by atoms with Crippen LogP contribution in [0.3, 0.4) is 0 Å². The molecule has 0 radical (unpaired) electrons. The fourth-order valence-corrected chi connectivity index (χ4v) is 7.68. The normalized spacial score (nSPS) is 16.6. The zero-order valence-electron chi connectivity index (χ0n) is 23.1. The molecule has 1 unspecified atom stereocenters. The first kappa shape index (κ1) is 33.8. The summed E-state index contributed by atoms with van der Waals surface area (Å²) in [5.41, 5.74) is 13.1. The van der Waals surface area contributed by atoms with Crippen LogP contribution < -0.4 is 37.2 Å². The summed E-state index contributed by atoms with van der Waals surface area (Å²) in [5, 5.41) is 0. The van der Waals surface area contributed by atoms with Gasteiger partial charge in [0, 0.05) is 0 Å². The number of benzene rings is 3. The summed E-state index contributed by atoms with van der Waals surface area (Å²) in [6, 6.07) is 21.5. The predicted octanol–water partition coefficient (Wildman–Crippen LogP) is -0.259. The molecule has 0 saturated carbocycles. The van der Waals surface area contributed by atoms with Crippen LogP contribution in [0, 0.1) is 47.5 Å². The molecule has 1 atom stereocenters. The van der Waals surface area contributed by atoms with Gasteiger partial charge in [-0.3, -0.25) is 0 Å². The molecule has 194 valence electrons. The summed E-state index contributed by atoms with van der Waals surface area (Å²) in [6.45, 7) is 18.1. The van der Waals surface area contributed by atoms with Crippen molar-refractivity contribution < 1.29 is 57.7 Å². The van der Waals surface area contributed by atoms with Crippen LogP contribution in [0.25, 0.3) is 0 Å². The third-order valence-corrected chi connectivity index (χ3v) is 8.55. The van der Waals surface area contributed by atoms with Gasteiger partial charge in [0.25, 0.3) is 0 Å². The number of hydrogen-bond donors (Lipinski definition) is 0. The van der Waals surface area contributed by atoms with Crippen molar-refractivity contribution in [1.29, 1.82) is 0 Å². The first-order valence-electron chi connectivity index (χ1n) is 12.4. The molecule has 1 aliphatic rings. The smallest absolute Gasteiger partial charge is 1.00 e. The van der Waals surface area contributed by atoms with E-state index in [0.29, 0.717) is 5.92 Å². The molecule has 0 spiro atoms. The van der Waals surface area contributed by atoms with E-state index in [9.17, 15) is 0 Å². The van der Waals surface area contributed by atoms with Gasteiger partial charge in [-0.2, -0.15) is 0 Å². The maximum Gasteiger partial charge on any atom is -1.00 e. The number of rotatable bonds is 5. The average Bonchev–Trinajstić information content (AvgIpc) is 3.09. The molecular weight excluding hydrogens is 551 g/mol. The quantitative estimate of drug-likeness (QED) is 0.285. The molecule has 0 saturated heterocycles. The van der Waals surface area contributed by atoms with Gasteiger partial charge in [-0.15, -0.1) is 0 Å². The first-order valence-corrected chi connectivity index (χ1v) is 13.2. The largest absolute Gasteiger partial charge is 1.00 e. The SMILES string of the molecule is Cc1cc(C)cc(C(c2cc(C)cc(C)c2)(c2cc(C)cc(C)c2)[C]2([Ti+3])C=CC=C2C(C)C)c1.[Cl-].[Cl-].[Cl-]. The Hall–Kier alpha value is -1.28. The van der Waals surface area contributed by atoms with Gasteiger partial charge in [-0.1, -0.05) is 0 Å². The molecule has 3 aromatic rings. The molecule has 0 fully saturated rings. The van der Waals surface area contributed by atoms with Crippen molar-refractivity contribution in [3.8, 4) is 0 Å². The number of allylic oxidation sites excluding steroid dienone is 4. The summed E-state index contributed by atoms with van der Waals surface area (Å²) in [5.74, 6) is 0.446. The second kappa shape index (κ2) is 12.7. The van der Waals surface area contributed by atoms with Gasteiger partial charge in [0.05, 0.1) is 0 Å². The molecule has 0 bridgehead atoms. The van der Waals surface area contributed by atoms with Gasteiger partial charge >= 0.3 is 219 Å². The number of halogens is 3. The zero-order chi connectivity index (χ0) is 24.8. The molecule has 0 aliphatic heterocycles. The Balaban J connectivity index is 0.00000228. The predicted molar refractivity (Wildman–Crippen MR) is 142 cm³/mol. The summed E-state index contributed by atoms with van der Waals surface area (Å²) in [4.78, 5) is 0. The van der Waals surface area contributed by atoms with Crippen molar-refractivity contribution in [3.05, 3.63) is 128 Å². The van der Waals surface area contributed by atoms with Gasteiger partial charge in [-0.25, -0.2) is 0 Å². The molecule has 4 rings (SSSR count). The van der Waals surface area contributed by atoms with E-state index < -0.39 is 0 Å². The Morgan fingerprint density at radius 3 is 1.14 bits per heavy atom. The van der Waals surface area contributed by atoms with E-state index in [1.165, 1.54) is 55.6 Å². The summed E-state index contributed by atoms with van der Waals surface area (Å²) in [6.07, 6.45) is 7.13. The van der Waals surface area contributed by atoms with Crippen molar-refractivity contribution in [3.63, 3.8) is 0 Å². The zero-order valence-corrected chi connectivity index (χ0v) is 27.0. The van der Waals surface area contributed by atoms with Crippen LogP contribution in [0.15, 0.2) is 78.4 Å².